The molecule has 0 heterocycles. The summed E-state index contributed by atoms with van der Waals surface area (Å²) >= 11 is 0. The molecule has 7 heteroatoms. The molecule has 3 atom stereocenters. The van der Waals surface area contributed by atoms with E-state index in [1.54, 1.807) is 13.8 Å². The van der Waals surface area contributed by atoms with Gasteiger partial charge in [0.2, 0.25) is 5.91 Å². The third kappa shape index (κ3) is 8.22. The molecule has 0 aliphatic carbocycles. The van der Waals surface area contributed by atoms with Gasteiger partial charge in [-0.2, -0.15) is 0 Å². The molecule has 0 aromatic heterocycles. The maximum atomic E-state index is 12.8. The van der Waals surface area contributed by atoms with Crippen molar-refractivity contribution < 1.29 is 28.6 Å². The van der Waals surface area contributed by atoms with Crippen molar-refractivity contribution >= 4 is 17.8 Å². The maximum absolute atomic E-state index is 12.8. The molecule has 2 aromatic rings. The number of methoxy groups -OCH3 is 1. The van der Waals surface area contributed by atoms with E-state index in [-0.39, 0.29) is 19.6 Å². The van der Waals surface area contributed by atoms with E-state index < -0.39 is 35.9 Å². The number of amides is 1. The van der Waals surface area contributed by atoms with E-state index in [0.29, 0.717) is 0 Å². The number of hydrogen-bond donors (Lipinski definition) is 1. The maximum Gasteiger partial charge on any atom is 0.331 e. The Labute approximate surface area is 182 Å². The second-order valence-electron chi connectivity index (χ2n) is 7.26. The average Bonchev–Trinajstić information content (AvgIpc) is 2.80. The first-order valence-electron chi connectivity index (χ1n) is 10.1. The normalized spacial score (nSPS) is 13.5. The first-order valence-corrected chi connectivity index (χ1v) is 10.1. The number of carbonyl (C=O) groups excluding carboxylic acids is 3. The highest BCUT2D eigenvalue weighted by atomic mass is 16.5. The molecule has 0 saturated carbocycles. The van der Waals surface area contributed by atoms with E-state index in [0.717, 1.165) is 11.1 Å². The van der Waals surface area contributed by atoms with Crippen LogP contribution in [0.5, 0.6) is 0 Å². The van der Waals surface area contributed by atoms with E-state index in [1.165, 1.54) is 7.11 Å². The van der Waals surface area contributed by atoms with E-state index in [1.807, 2.05) is 60.7 Å². The Kier molecular flexibility index (Phi) is 9.71. The van der Waals surface area contributed by atoms with Gasteiger partial charge in [-0.3, -0.25) is 9.59 Å². The quantitative estimate of drug-likeness (QED) is 0.555. The molecule has 2 rings (SSSR count). The van der Waals surface area contributed by atoms with Crippen molar-refractivity contribution in [2.75, 3.05) is 7.11 Å². The lowest BCUT2D eigenvalue weighted by Crippen LogP contribution is -2.51. The first-order chi connectivity index (χ1) is 14.9. The third-order valence-corrected chi connectivity index (χ3v) is 4.75. The zero-order valence-corrected chi connectivity index (χ0v) is 18.1. The Balaban J connectivity index is 2.04. The molecule has 1 unspecified atom stereocenters. The molecule has 0 aliphatic rings. The van der Waals surface area contributed by atoms with Crippen molar-refractivity contribution in [3.8, 4) is 0 Å². The van der Waals surface area contributed by atoms with Gasteiger partial charge < -0.3 is 19.5 Å². The van der Waals surface area contributed by atoms with Crippen LogP contribution in [0.15, 0.2) is 60.7 Å². The summed E-state index contributed by atoms with van der Waals surface area (Å²) in [6.45, 7) is 3.64. The smallest absolute Gasteiger partial charge is 0.331 e. The van der Waals surface area contributed by atoms with Crippen LogP contribution in [0.3, 0.4) is 0 Å². The predicted molar refractivity (Wildman–Crippen MR) is 115 cm³/mol. The van der Waals surface area contributed by atoms with Gasteiger partial charge in [-0.1, -0.05) is 67.6 Å². The lowest BCUT2D eigenvalue weighted by atomic mass is 10.1. The molecule has 1 N–H and O–H groups in total. The second-order valence-corrected chi connectivity index (χ2v) is 7.26. The molecular formula is C24H29NO6. The number of ether oxygens (including phenoxy) is 3. The van der Waals surface area contributed by atoms with Crippen LogP contribution >= 0.6 is 0 Å². The molecule has 166 valence electrons. The molecule has 0 spiro atoms. The van der Waals surface area contributed by atoms with Gasteiger partial charge in [-0.25, -0.2) is 4.79 Å². The van der Waals surface area contributed by atoms with Gasteiger partial charge >= 0.3 is 11.9 Å². The van der Waals surface area contributed by atoms with Gasteiger partial charge in [0.15, 0.2) is 6.04 Å². The Morgan fingerprint density at radius 2 is 1.42 bits per heavy atom. The fourth-order valence-electron chi connectivity index (χ4n) is 2.81. The number of benzene rings is 2. The van der Waals surface area contributed by atoms with Crippen molar-refractivity contribution in [1.82, 2.24) is 5.32 Å². The lowest BCUT2D eigenvalue weighted by Gasteiger charge is -2.25. The molecule has 0 radical (unpaired) electrons. The van der Waals surface area contributed by atoms with Crippen LogP contribution in [0.2, 0.25) is 0 Å². The van der Waals surface area contributed by atoms with Gasteiger partial charge in [0.05, 0.1) is 26.2 Å². The summed E-state index contributed by atoms with van der Waals surface area (Å²) in [6.07, 6.45) is -0.745. The zero-order valence-electron chi connectivity index (χ0n) is 18.1. The number of nitrogens with one attached hydrogen (secondary N) is 1. The highest BCUT2D eigenvalue weighted by molar-refractivity contribution is 5.88. The molecule has 2 aromatic carbocycles. The minimum Gasteiger partial charge on any atom is -0.469 e. The lowest BCUT2D eigenvalue weighted by molar-refractivity contribution is -0.154. The van der Waals surface area contributed by atoms with Gasteiger partial charge in [-0.15, -0.1) is 0 Å². The van der Waals surface area contributed by atoms with Crippen LogP contribution in [0.4, 0.5) is 0 Å². The van der Waals surface area contributed by atoms with E-state index >= 15 is 0 Å². The van der Waals surface area contributed by atoms with Gasteiger partial charge in [0.1, 0.15) is 6.61 Å². The largest absolute Gasteiger partial charge is 0.469 e. The van der Waals surface area contributed by atoms with Crippen molar-refractivity contribution in [2.45, 2.75) is 45.6 Å². The van der Waals surface area contributed by atoms with Crippen LogP contribution in [-0.4, -0.2) is 37.1 Å². The molecule has 1 amide bonds. The molecule has 0 bridgehead atoms. The number of carbonyl (C=O) groups is 3. The van der Waals surface area contributed by atoms with Crippen LogP contribution in [-0.2, 0) is 41.8 Å². The Hall–Kier alpha value is -3.19. The summed E-state index contributed by atoms with van der Waals surface area (Å²) in [7, 11) is 1.26. The van der Waals surface area contributed by atoms with E-state index in [4.69, 9.17) is 9.47 Å². The summed E-state index contributed by atoms with van der Waals surface area (Å²) in [5, 5.41) is 2.67. The minimum atomic E-state index is -1.03. The van der Waals surface area contributed by atoms with Crippen molar-refractivity contribution in [3.63, 3.8) is 0 Å². The molecule has 0 fully saturated rings. The van der Waals surface area contributed by atoms with Crippen molar-refractivity contribution in [1.29, 1.82) is 0 Å². The molecule has 0 aliphatic heterocycles. The molecule has 31 heavy (non-hydrogen) atoms. The summed E-state index contributed by atoms with van der Waals surface area (Å²) < 4.78 is 15.9. The highest BCUT2D eigenvalue weighted by Crippen LogP contribution is 2.11. The van der Waals surface area contributed by atoms with Gasteiger partial charge in [-0.05, 0) is 18.1 Å². The molecule has 7 nitrogen and oxygen atoms in total. The van der Waals surface area contributed by atoms with Crippen LogP contribution < -0.4 is 5.32 Å². The van der Waals surface area contributed by atoms with Crippen LogP contribution in [0.25, 0.3) is 0 Å². The molecule has 0 saturated heterocycles. The number of hydrogen-bond acceptors (Lipinski definition) is 6. The average molecular weight is 427 g/mol. The van der Waals surface area contributed by atoms with Gasteiger partial charge in [0, 0.05) is 5.92 Å². The minimum absolute atomic E-state index is 0.0785. The SMILES string of the molecule is COC(=O)CC(C)C(=O)N[C@H](C(=O)OCc1ccccc1)[C@@H](C)OCc1ccccc1. The fraction of sp³-hybridized carbons (Fsp3) is 0.375. The Morgan fingerprint density at radius 3 is 1.97 bits per heavy atom. The zero-order chi connectivity index (χ0) is 22.6. The van der Waals surface area contributed by atoms with Crippen molar-refractivity contribution in [2.24, 2.45) is 5.92 Å². The van der Waals surface area contributed by atoms with Crippen LogP contribution in [0.1, 0.15) is 31.4 Å². The van der Waals surface area contributed by atoms with E-state index in [2.05, 4.69) is 10.1 Å². The third-order valence-electron chi connectivity index (χ3n) is 4.75. The number of rotatable bonds is 11. The molecular weight excluding hydrogens is 398 g/mol. The summed E-state index contributed by atoms with van der Waals surface area (Å²) in [5.74, 6) is -2.23. The summed E-state index contributed by atoms with van der Waals surface area (Å²) in [5.41, 5.74) is 1.77. The van der Waals surface area contributed by atoms with E-state index in [9.17, 15) is 14.4 Å². The highest BCUT2D eigenvalue weighted by Gasteiger charge is 2.31. The fourth-order valence-corrected chi connectivity index (χ4v) is 2.81. The first kappa shape index (κ1) is 24.1. The Morgan fingerprint density at radius 1 is 0.871 bits per heavy atom. The van der Waals surface area contributed by atoms with Crippen LogP contribution in [0, 0.1) is 5.92 Å². The predicted octanol–water partition coefficient (Wildman–Crippen LogP) is 3.02. The summed E-state index contributed by atoms with van der Waals surface area (Å²) in [4.78, 5) is 36.9. The van der Waals surface area contributed by atoms with Crippen molar-refractivity contribution in [3.05, 3.63) is 71.8 Å². The monoisotopic (exact) mass is 427 g/mol. The second kappa shape index (κ2) is 12.5. The standard InChI is InChI=1S/C24H29NO6/c1-17(14-21(26)29-3)23(27)25-22(18(2)30-15-19-10-6-4-7-11-19)24(28)31-16-20-12-8-5-9-13-20/h4-13,17-18,22H,14-16H2,1-3H3,(H,25,27)/t17?,18-,22+/m1/s1. The number of esters is 2. The summed E-state index contributed by atoms with van der Waals surface area (Å²) in [6, 6.07) is 17.7. The Bertz CT molecular complexity index is 840. The topological polar surface area (TPSA) is 90.9 Å². The van der Waals surface area contributed by atoms with Gasteiger partial charge in [0.25, 0.3) is 0 Å².